The van der Waals surface area contributed by atoms with E-state index in [2.05, 4.69) is 4.72 Å². The van der Waals surface area contributed by atoms with E-state index < -0.39 is 20.0 Å². The molecule has 0 atom stereocenters. The number of sulfonamides is 2. The summed E-state index contributed by atoms with van der Waals surface area (Å²) in [6, 6.07) is 8.63. The number of rotatable bonds is 5. The Morgan fingerprint density at radius 1 is 1.14 bits per heavy atom. The molecular weight excluding hydrogens is 332 g/mol. The van der Waals surface area contributed by atoms with Gasteiger partial charge in [0.2, 0.25) is 10.0 Å². The Hall–Kier alpha value is -1.42. The maximum Gasteiger partial charge on any atom is 0.271 e. The van der Waals surface area contributed by atoms with E-state index in [9.17, 15) is 16.8 Å². The fourth-order valence-electron chi connectivity index (χ4n) is 1.63. The van der Waals surface area contributed by atoms with Crippen LogP contribution in [0.2, 0.25) is 0 Å². The van der Waals surface area contributed by atoms with Crippen LogP contribution in [0.25, 0.3) is 0 Å². The Bertz CT molecular complexity index is 854. The van der Waals surface area contributed by atoms with Crippen LogP contribution < -0.4 is 9.86 Å². The third-order valence-electron chi connectivity index (χ3n) is 2.67. The molecule has 0 unspecified atom stereocenters. The molecule has 0 aliphatic rings. The van der Waals surface area contributed by atoms with E-state index in [1.807, 2.05) is 6.92 Å². The third-order valence-corrected chi connectivity index (χ3v) is 6.68. The molecule has 3 N–H and O–H groups in total. The van der Waals surface area contributed by atoms with E-state index in [0.717, 1.165) is 11.3 Å². The molecule has 9 heteroatoms. The molecule has 2 rings (SSSR count). The zero-order chi connectivity index (χ0) is 15.7. The van der Waals surface area contributed by atoms with Crippen LogP contribution in [0.3, 0.4) is 0 Å². The Morgan fingerprint density at radius 3 is 2.43 bits per heavy atom. The minimum atomic E-state index is -3.88. The van der Waals surface area contributed by atoms with Crippen molar-refractivity contribution in [1.82, 2.24) is 0 Å². The molecule has 0 aliphatic carbocycles. The highest BCUT2D eigenvalue weighted by Crippen LogP contribution is 2.25. The first-order valence-electron chi connectivity index (χ1n) is 5.97. The van der Waals surface area contributed by atoms with E-state index in [1.165, 1.54) is 41.7 Å². The second kappa shape index (κ2) is 5.76. The summed E-state index contributed by atoms with van der Waals surface area (Å²) in [5, 5.41) is 5.02. The average molecular weight is 346 g/mol. The molecule has 0 saturated carbocycles. The number of anilines is 1. The van der Waals surface area contributed by atoms with Crippen molar-refractivity contribution < 1.29 is 16.8 Å². The molecule has 0 spiro atoms. The average Bonchev–Trinajstić information content (AvgIpc) is 2.87. The number of aryl methyl sites for hydroxylation is 1. The largest absolute Gasteiger partial charge is 0.279 e. The van der Waals surface area contributed by atoms with Crippen molar-refractivity contribution in [3.63, 3.8) is 0 Å². The lowest BCUT2D eigenvalue weighted by atomic mass is 10.3. The lowest BCUT2D eigenvalue weighted by Crippen LogP contribution is -2.14. The van der Waals surface area contributed by atoms with E-state index in [-0.39, 0.29) is 14.8 Å². The predicted molar refractivity (Wildman–Crippen MR) is 82.3 cm³/mol. The van der Waals surface area contributed by atoms with Gasteiger partial charge in [0.25, 0.3) is 10.0 Å². The smallest absolute Gasteiger partial charge is 0.271 e. The lowest BCUT2D eigenvalue weighted by molar-refractivity contribution is 0.596. The lowest BCUT2D eigenvalue weighted by Gasteiger charge is -2.07. The van der Waals surface area contributed by atoms with E-state index >= 15 is 0 Å². The van der Waals surface area contributed by atoms with Crippen LogP contribution in [0.15, 0.2) is 45.5 Å². The van der Waals surface area contributed by atoms with Crippen LogP contribution in [0.4, 0.5) is 5.69 Å². The highest BCUT2D eigenvalue weighted by atomic mass is 32.2. The van der Waals surface area contributed by atoms with Gasteiger partial charge in [-0.05, 0) is 36.8 Å². The first-order valence-corrected chi connectivity index (χ1v) is 9.81. The molecule has 0 amide bonds. The van der Waals surface area contributed by atoms with Gasteiger partial charge in [-0.15, -0.1) is 11.3 Å². The molecule has 114 valence electrons. The Morgan fingerprint density at radius 2 is 1.86 bits per heavy atom. The van der Waals surface area contributed by atoms with Gasteiger partial charge in [0.15, 0.2) is 0 Å². The number of nitrogens with two attached hydrogens (primary N) is 1. The van der Waals surface area contributed by atoms with Crippen molar-refractivity contribution in [1.29, 1.82) is 0 Å². The molecule has 21 heavy (non-hydrogen) atoms. The van der Waals surface area contributed by atoms with Crippen LogP contribution in [0.1, 0.15) is 11.8 Å². The van der Waals surface area contributed by atoms with E-state index in [4.69, 9.17) is 5.14 Å². The Kier molecular flexibility index (Phi) is 4.38. The van der Waals surface area contributed by atoms with Crippen LogP contribution >= 0.6 is 11.3 Å². The molecule has 0 aliphatic heterocycles. The van der Waals surface area contributed by atoms with Crippen LogP contribution in [-0.2, 0) is 26.5 Å². The van der Waals surface area contributed by atoms with E-state index in [1.54, 1.807) is 6.07 Å². The standard InChI is InChI=1S/C12H14N2O4S3/c1-2-10-6-7-12(19-10)21(17,18)14-9-4-3-5-11(8-9)20(13,15)16/h3-8,14H,2H2,1H3,(H2,13,15,16). The first-order chi connectivity index (χ1) is 9.72. The van der Waals surface area contributed by atoms with Gasteiger partial charge in [-0.3, -0.25) is 4.72 Å². The number of nitrogens with one attached hydrogen (secondary N) is 1. The fraction of sp³-hybridized carbons (Fsp3) is 0.167. The second-order valence-corrected chi connectivity index (χ2v) is 8.89. The highest BCUT2D eigenvalue weighted by Gasteiger charge is 2.17. The first kappa shape index (κ1) is 16.0. The second-order valence-electron chi connectivity index (χ2n) is 4.25. The van der Waals surface area contributed by atoms with Gasteiger partial charge < -0.3 is 0 Å². The molecule has 1 aromatic carbocycles. The van der Waals surface area contributed by atoms with Gasteiger partial charge in [-0.1, -0.05) is 13.0 Å². The summed E-state index contributed by atoms with van der Waals surface area (Å²) >= 11 is 1.18. The monoisotopic (exact) mass is 346 g/mol. The van der Waals surface area contributed by atoms with Crippen LogP contribution in [0.5, 0.6) is 0 Å². The van der Waals surface area contributed by atoms with Crippen molar-refractivity contribution in [3.8, 4) is 0 Å². The zero-order valence-electron chi connectivity index (χ0n) is 11.1. The summed E-state index contributed by atoms with van der Waals surface area (Å²) < 4.78 is 49.5. The zero-order valence-corrected chi connectivity index (χ0v) is 13.6. The number of hydrogen-bond acceptors (Lipinski definition) is 5. The maximum atomic E-state index is 12.2. The summed E-state index contributed by atoms with van der Waals surface area (Å²) in [5.74, 6) is 0. The molecule has 1 aromatic heterocycles. The summed E-state index contributed by atoms with van der Waals surface area (Å²) in [6.45, 7) is 1.94. The molecule has 2 aromatic rings. The number of hydrogen-bond donors (Lipinski definition) is 2. The molecular formula is C12H14N2O4S3. The highest BCUT2D eigenvalue weighted by molar-refractivity contribution is 7.94. The van der Waals surface area contributed by atoms with Gasteiger partial charge in [-0.25, -0.2) is 22.0 Å². The number of benzene rings is 1. The molecule has 6 nitrogen and oxygen atoms in total. The summed E-state index contributed by atoms with van der Waals surface area (Å²) in [4.78, 5) is 0.803. The van der Waals surface area contributed by atoms with Crippen LogP contribution in [0, 0.1) is 0 Å². The van der Waals surface area contributed by atoms with Gasteiger partial charge >= 0.3 is 0 Å². The fourth-order valence-corrected chi connectivity index (χ4v) is 4.54. The van der Waals surface area contributed by atoms with E-state index in [0.29, 0.717) is 0 Å². The molecule has 0 radical (unpaired) electrons. The van der Waals surface area contributed by atoms with Crippen molar-refractivity contribution in [2.45, 2.75) is 22.4 Å². The summed E-state index contributed by atoms with van der Waals surface area (Å²) in [7, 11) is -7.61. The quantitative estimate of drug-likeness (QED) is 0.860. The SMILES string of the molecule is CCc1ccc(S(=O)(=O)Nc2cccc(S(N)(=O)=O)c2)s1. The Labute approximate surface area is 127 Å². The molecule has 1 heterocycles. The molecule has 0 saturated heterocycles. The summed E-state index contributed by atoms with van der Waals surface area (Å²) in [5.41, 5.74) is 0.146. The number of primary sulfonamides is 1. The van der Waals surface area contributed by atoms with Gasteiger partial charge in [0, 0.05) is 4.88 Å². The summed E-state index contributed by atoms with van der Waals surface area (Å²) in [6.07, 6.45) is 0.751. The minimum absolute atomic E-state index is 0.146. The topological polar surface area (TPSA) is 106 Å². The third kappa shape index (κ3) is 3.82. The predicted octanol–water partition coefficient (Wildman–Crippen LogP) is 1.76. The van der Waals surface area contributed by atoms with Gasteiger partial charge in [-0.2, -0.15) is 0 Å². The normalized spacial score (nSPS) is 12.3. The van der Waals surface area contributed by atoms with Crippen LogP contribution in [-0.4, -0.2) is 16.8 Å². The van der Waals surface area contributed by atoms with Gasteiger partial charge in [0.05, 0.1) is 10.6 Å². The van der Waals surface area contributed by atoms with Crippen molar-refractivity contribution in [2.24, 2.45) is 5.14 Å². The number of thiophene rings is 1. The van der Waals surface area contributed by atoms with Crippen molar-refractivity contribution in [2.75, 3.05) is 4.72 Å². The Balaban J connectivity index is 2.33. The van der Waals surface area contributed by atoms with Gasteiger partial charge in [0.1, 0.15) is 4.21 Å². The molecule has 0 bridgehead atoms. The molecule has 0 fully saturated rings. The minimum Gasteiger partial charge on any atom is -0.279 e. The van der Waals surface area contributed by atoms with Crippen molar-refractivity contribution >= 4 is 37.1 Å². The maximum absolute atomic E-state index is 12.2. The van der Waals surface area contributed by atoms with Crippen molar-refractivity contribution in [3.05, 3.63) is 41.3 Å².